The van der Waals surface area contributed by atoms with Gasteiger partial charge in [0.1, 0.15) is 17.3 Å². The maximum Gasteiger partial charge on any atom is 0.145 e. The predicted molar refractivity (Wildman–Crippen MR) is 111 cm³/mol. The van der Waals surface area contributed by atoms with Gasteiger partial charge in [0, 0.05) is 35.8 Å². The number of nitriles is 1. The first-order chi connectivity index (χ1) is 13.7. The molecule has 0 atom stereocenters. The van der Waals surface area contributed by atoms with E-state index in [1.165, 1.54) is 11.1 Å². The Hall–Kier alpha value is -3.59. The van der Waals surface area contributed by atoms with E-state index in [0.717, 1.165) is 41.6 Å². The van der Waals surface area contributed by atoms with Gasteiger partial charge in [0.2, 0.25) is 0 Å². The summed E-state index contributed by atoms with van der Waals surface area (Å²) in [5.74, 6) is 0.698. The van der Waals surface area contributed by atoms with Crippen molar-refractivity contribution in [1.29, 1.82) is 5.26 Å². The average Bonchev–Trinajstić information content (AvgIpc) is 3.06. The standard InChI is InChI=1S/C22H21N5O/c1-15-17-7-3-4-9-19(17)26-27(15)12-6-11-24-21-16(13-23)14-25-22-18(21)8-5-10-20(22)28-2/h3-5,7-10,14H,6,11-12H2,1-2H3,(H,24,25). The van der Waals surface area contributed by atoms with E-state index in [0.29, 0.717) is 11.3 Å². The molecule has 4 aromatic rings. The van der Waals surface area contributed by atoms with Gasteiger partial charge >= 0.3 is 0 Å². The molecule has 0 aliphatic heterocycles. The Kier molecular flexibility index (Phi) is 4.81. The molecule has 2 aromatic heterocycles. The summed E-state index contributed by atoms with van der Waals surface area (Å²) in [7, 11) is 1.62. The zero-order chi connectivity index (χ0) is 19.5. The molecular weight excluding hydrogens is 350 g/mol. The van der Waals surface area contributed by atoms with Crippen LogP contribution in [0.2, 0.25) is 0 Å². The fraction of sp³-hybridized carbons (Fsp3) is 0.227. The van der Waals surface area contributed by atoms with Crippen molar-refractivity contribution in [3.63, 3.8) is 0 Å². The normalized spacial score (nSPS) is 10.9. The Bertz CT molecular complexity index is 1190. The molecule has 0 fully saturated rings. The Balaban J connectivity index is 1.52. The molecular formula is C22H21N5O. The van der Waals surface area contributed by atoms with E-state index in [9.17, 15) is 5.26 Å². The topological polar surface area (TPSA) is 75.8 Å². The van der Waals surface area contributed by atoms with Gasteiger partial charge < -0.3 is 10.1 Å². The number of aromatic nitrogens is 3. The lowest BCUT2D eigenvalue weighted by Crippen LogP contribution is -2.10. The summed E-state index contributed by atoms with van der Waals surface area (Å²) in [6.45, 7) is 3.63. The van der Waals surface area contributed by atoms with Crippen LogP contribution in [0.1, 0.15) is 17.7 Å². The van der Waals surface area contributed by atoms with Crippen molar-refractivity contribution in [2.45, 2.75) is 19.9 Å². The molecule has 6 heteroatoms. The number of hydrogen-bond acceptors (Lipinski definition) is 5. The maximum atomic E-state index is 9.48. The molecule has 0 spiro atoms. The van der Waals surface area contributed by atoms with E-state index in [2.05, 4.69) is 34.5 Å². The van der Waals surface area contributed by atoms with Crippen LogP contribution in [0.25, 0.3) is 21.8 Å². The second-order valence-electron chi connectivity index (χ2n) is 6.62. The highest BCUT2D eigenvalue weighted by Crippen LogP contribution is 2.31. The van der Waals surface area contributed by atoms with Crippen molar-refractivity contribution in [3.8, 4) is 11.8 Å². The molecule has 4 rings (SSSR count). The van der Waals surface area contributed by atoms with Gasteiger partial charge in [-0.15, -0.1) is 0 Å². The van der Waals surface area contributed by atoms with E-state index in [1.807, 2.05) is 41.1 Å². The predicted octanol–water partition coefficient (Wildman–Crippen LogP) is 4.28. The number of pyridine rings is 1. The zero-order valence-electron chi connectivity index (χ0n) is 15.9. The number of aryl methyl sites for hydroxylation is 2. The summed E-state index contributed by atoms with van der Waals surface area (Å²) < 4.78 is 7.44. The summed E-state index contributed by atoms with van der Waals surface area (Å²) in [5, 5.41) is 19.7. The van der Waals surface area contributed by atoms with Crippen molar-refractivity contribution in [3.05, 3.63) is 59.9 Å². The van der Waals surface area contributed by atoms with Crippen LogP contribution >= 0.6 is 0 Å². The Morgan fingerprint density at radius 2 is 1.96 bits per heavy atom. The fourth-order valence-corrected chi connectivity index (χ4v) is 3.51. The summed E-state index contributed by atoms with van der Waals surface area (Å²) in [5.41, 5.74) is 4.27. The third-order valence-corrected chi connectivity index (χ3v) is 4.96. The van der Waals surface area contributed by atoms with Crippen LogP contribution in [-0.2, 0) is 6.54 Å². The van der Waals surface area contributed by atoms with Gasteiger partial charge in [0.25, 0.3) is 0 Å². The number of hydrogen-bond donors (Lipinski definition) is 1. The van der Waals surface area contributed by atoms with Gasteiger partial charge in [0.05, 0.1) is 23.9 Å². The molecule has 0 amide bonds. The summed E-state index contributed by atoms with van der Waals surface area (Å²) in [4.78, 5) is 4.39. The van der Waals surface area contributed by atoms with Crippen molar-refractivity contribution in [2.24, 2.45) is 0 Å². The maximum absolute atomic E-state index is 9.48. The Labute approximate surface area is 163 Å². The number of anilines is 1. The van der Waals surface area contributed by atoms with E-state index in [4.69, 9.17) is 4.74 Å². The molecule has 2 heterocycles. The second kappa shape index (κ2) is 7.57. The highest BCUT2D eigenvalue weighted by atomic mass is 16.5. The van der Waals surface area contributed by atoms with Crippen LogP contribution in [0.15, 0.2) is 48.7 Å². The number of nitrogens with one attached hydrogen (secondary N) is 1. The minimum atomic E-state index is 0.529. The molecule has 0 saturated carbocycles. The molecule has 1 N–H and O–H groups in total. The van der Waals surface area contributed by atoms with Crippen molar-refractivity contribution in [1.82, 2.24) is 14.8 Å². The Morgan fingerprint density at radius 1 is 1.14 bits per heavy atom. The molecule has 6 nitrogen and oxygen atoms in total. The second-order valence-corrected chi connectivity index (χ2v) is 6.62. The summed E-state index contributed by atoms with van der Waals surface area (Å²) in [6.07, 6.45) is 2.48. The third kappa shape index (κ3) is 3.12. The highest BCUT2D eigenvalue weighted by Gasteiger charge is 2.12. The lowest BCUT2D eigenvalue weighted by molar-refractivity contribution is 0.419. The Morgan fingerprint density at radius 3 is 2.75 bits per heavy atom. The number of benzene rings is 2. The van der Waals surface area contributed by atoms with Crippen molar-refractivity contribution < 1.29 is 4.74 Å². The minimum Gasteiger partial charge on any atom is -0.494 e. The highest BCUT2D eigenvalue weighted by molar-refractivity contribution is 5.97. The van der Waals surface area contributed by atoms with E-state index >= 15 is 0 Å². The van der Waals surface area contributed by atoms with Crippen LogP contribution in [0.4, 0.5) is 5.69 Å². The van der Waals surface area contributed by atoms with Crippen LogP contribution in [-0.4, -0.2) is 28.4 Å². The largest absolute Gasteiger partial charge is 0.494 e. The molecule has 140 valence electrons. The summed E-state index contributed by atoms with van der Waals surface area (Å²) in [6, 6.07) is 16.1. The number of rotatable bonds is 6. The third-order valence-electron chi connectivity index (χ3n) is 4.96. The van der Waals surface area contributed by atoms with Crippen LogP contribution < -0.4 is 10.1 Å². The number of ether oxygens (including phenoxy) is 1. The number of fused-ring (bicyclic) bond motifs is 2. The first-order valence-corrected chi connectivity index (χ1v) is 9.24. The van der Waals surface area contributed by atoms with Gasteiger partial charge in [-0.25, -0.2) is 0 Å². The van der Waals surface area contributed by atoms with E-state index < -0.39 is 0 Å². The monoisotopic (exact) mass is 371 g/mol. The fourth-order valence-electron chi connectivity index (χ4n) is 3.51. The molecule has 0 unspecified atom stereocenters. The quantitative estimate of drug-likeness (QED) is 0.512. The first kappa shape index (κ1) is 17.8. The first-order valence-electron chi connectivity index (χ1n) is 9.24. The number of methoxy groups -OCH3 is 1. The average molecular weight is 371 g/mol. The SMILES string of the molecule is COc1cccc2c(NCCCn3nc4ccccc4c3C)c(C#N)cnc12. The van der Waals surface area contributed by atoms with Gasteiger partial charge in [-0.1, -0.05) is 30.3 Å². The number of para-hydroxylation sites is 1. The zero-order valence-corrected chi connectivity index (χ0v) is 15.9. The van der Waals surface area contributed by atoms with Gasteiger partial charge in [-0.3, -0.25) is 9.67 Å². The van der Waals surface area contributed by atoms with Gasteiger partial charge in [0.15, 0.2) is 0 Å². The van der Waals surface area contributed by atoms with Gasteiger partial charge in [-0.2, -0.15) is 10.4 Å². The van der Waals surface area contributed by atoms with E-state index in [1.54, 1.807) is 13.3 Å². The van der Waals surface area contributed by atoms with Gasteiger partial charge in [-0.05, 0) is 25.5 Å². The summed E-state index contributed by atoms with van der Waals surface area (Å²) >= 11 is 0. The lowest BCUT2D eigenvalue weighted by Gasteiger charge is -2.13. The smallest absolute Gasteiger partial charge is 0.145 e. The van der Waals surface area contributed by atoms with Crippen molar-refractivity contribution in [2.75, 3.05) is 19.0 Å². The van der Waals surface area contributed by atoms with Crippen LogP contribution in [0, 0.1) is 18.3 Å². The molecule has 0 radical (unpaired) electrons. The van der Waals surface area contributed by atoms with E-state index in [-0.39, 0.29) is 0 Å². The number of nitrogens with zero attached hydrogens (tertiary/aromatic N) is 4. The van der Waals surface area contributed by atoms with Crippen molar-refractivity contribution >= 4 is 27.5 Å². The molecule has 0 saturated heterocycles. The molecule has 0 bridgehead atoms. The molecule has 0 aliphatic rings. The lowest BCUT2D eigenvalue weighted by atomic mass is 10.1. The minimum absolute atomic E-state index is 0.529. The molecule has 2 aromatic carbocycles. The molecule has 28 heavy (non-hydrogen) atoms. The molecule has 0 aliphatic carbocycles. The van der Waals surface area contributed by atoms with Crippen LogP contribution in [0.5, 0.6) is 5.75 Å². The van der Waals surface area contributed by atoms with Crippen LogP contribution in [0.3, 0.4) is 0 Å².